The normalized spacial score (nSPS) is 11.9. The Morgan fingerprint density at radius 2 is 1.83 bits per heavy atom. The Balaban J connectivity index is 3.06. The molecule has 0 bridgehead atoms. The van der Waals surface area contributed by atoms with E-state index >= 15 is 0 Å². The van der Waals surface area contributed by atoms with Crippen molar-refractivity contribution in [3.8, 4) is 5.75 Å². The highest BCUT2D eigenvalue weighted by atomic mass is 19.4. The topological polar surface area (TPSA) is 61.3 Å². The zero-order valence-electron chi connectivity index (χ0n) is 10.1. The van der Waals surface area contributed by atoms with E-state index in [1.165, 1.54) is 13.2 Å². The van der Waals surface area contributed by atoms with Crippen LogP contribution < -0.4 is 16.2 Å². The maximum Gasteiger partial charge on any atom is 0.416 e. The summed E-state index contributed by atoms with van der Waals surface area (Å²) in [5.74, 6) is 0.372. The van der Waals surface area contributed by atoms with Crippen LogP contribution in [0, 0.1) is 5.92 Å². The van der Waals surface area contributed by atoms with Crippen molar-refractivity contribution < 1.29 is 17.9 Å². The Hall–Kier alpha value is -1.27. The van der Waals surface area contributed by atoms with Crippen molar-refractivity contribution in [1.82, 2.24) is 0 Å². The molecule has 0 unspecified atom stereocenters. The molecule has 1 rings (SSSR count). The molecule has 1 aromatic carbocycles. The van der Waals surface area contributed by atoms with E-state index in [4.69, 9.17) is 16.2 Å². The van der Waals surface area contributed by atoms with Crippen molar-refractivity contribution in [2.24, 2.45) is 17.4 Å². The van der Waals surface area contributed by atoms with Crippen LogP contribution in [0.2, 0.25) is 0 Å². The minimum absolute atomic E-state index is 0.0533. The maximum atomic E-state index is 12.6. The lowest BCUT2D eigenvalue weighted by atomic mass is 9.97. The first kappa shape index (κ1) is 14.8. The molecule has 6 heteroatoms. The van der Waals surface area contributed by atoms with Crippen molar-refractivity contribution in [1.29, 1.82) is 0 Å². The monoisotopic (exact) mass is 262 g/mol. The zero-order valence-corrected chi connectivity index (χ0v) is 10.1. The lowest BCUT2D eigenvalue weighted by Gasteiger charge is -2.16. The molecule has 0 aliphatic heterocycles. The molecule has 18 heavy (non-hydrogen) atoms. The van der Waals surface area contributed by atoms with Crippen molar-refractivity contribution in [3.63, 3.8) is 0 Å². The number of methoxy groups -OCH3 is 1. The number of benzene rings is 1. The predicted molar refractivity (Wildman–Crippen MR) is 63.3 cm³/mol. The summed E-state index contributed by atoms with van der Waals surface area (Å²) in [7, 11) is 1.42. The standard InChI is InChI=1S/C12H17F3N2O/c1-18-11-3-2-10(12(13,14)15)5-9(11)4-8(6-16)7-17/h2-3,5,8H,4,6-7,16-17H2,1H3. The molecule has 0 saturated carbocycles. The smallest absolute Gasteiger partial charge is 0.416 e. The number of nitrogens with two attached hydrogens (primary N) is 2. The first-order valence-corrected chi connectivity index (χ1v) is 5.56. The van der Waals surface area contributed by atoms with Crippen molar-refractivity contribution in [2.75, 3.05) is 20.2 Å². The predicted octanol–water partition coefficient (Wildman–Crippen LogP) is 1.79. The molecule has 3 nitrogen and oxygen atoms in total. The van der Waals surface area contributed by atoms with Crippen LogP contribution in [0.1, 0.15) is 11.1 Å². The molecule has 0 aliphatic carbocycles. The summed E-state index contributed by atoms with van der Waals surface area (Å²) in [5.41, 5.74) is 10.8. The Morgan fingerprint density at radius 1 is 1.22 bits per heavy atom. The summed E-state index contributed by atoms with van der Waals surface area (Å²) in [6.45, 7) is 0.659. The third kappa shape index (κ3) is 3.61. The second-order valence-electron chi connectivity index (χ2n) is 4.07. The second kappa shape index (κ2) is 6.06. The molecule has 0 aliphatic rings. The van der Waals surface area contributed by atoms with Gasteiger partial charge in [-0.05, 0) is 49.2 Å². The molecular formula is C12H17F3N2O. The van der Waals surface area contributed by atoms with Crippen LogP contribution in [-0.4, -0.2) is 20.2 Å². The van der Waals surface area contributed by atoms with E-state index in [2.05, 4.69) is 0 Å². The van der Waals surface area contributed by atoms with Crippen LogP contribution in [0.4, 0.5) is 13.2 Å². The molecule has 4 N–H and O–H groups in total. The van der Waals surface area contributed by atoms with E-state index in [0.717, 1.165) is 12.1 Å². The molecule has 0 amide bonds. The van der Waals surface area contributed by atoms with Crippen molar-refractivity contribution in [2.45, 2.75) is 12.6 Å². The maximum absolute atomic E-state index is 12.6. The zero-order chi connectivity index (χ0) is 13.8. The molecule has 0 radical (unpaired) electrons. The van der Waals surface area contributed by atoms with E-state index in [1.807, 2.05) is 0 Å². The van der Waals surface area contributed by atoms with E-state index in [1.54, 1.807) is 0 Å². The summed E-state index contributed by atoms with van der Waals surface area (Å²) in [4.78, 5) is 0. The lowest BCUT2D eigenvalue weighted by Crippen LogP contribution is -2.25. The van der Waals surface area contributed by atoms with Gasteiger partial charge in [0.05, 0.1) is 12.7 Å². The van der Waals surface area contributed by atoms with E-state index in [9.17, 15) is 13.2 Å². The number of ether oxygens (including phenoxy) is 1. The molecule has 0 spiro atoms. The van der Waals surface area contributed by atoms with E-state index in [-0.39, 0.29) is 5.92 Å². The van der Waals surface area contributed by atoms with Crippen LogP contribution in [0.25, 0.3) is 0 Å². The van der Waals surface area contributed by atoms with Crippen molar-refractivity contribution >= 4 is 0 Å². The fourth-order valence-electron chi connectivity index (χ4n) is 1.69. The van der Waals surface area contributed by atoms with Crippen LogP contribution in [0.5, 0.6) is 5.75 Å². The Morgan fingerprint density at radius 3 is 2.28 bits per heavy atom. The fourth-order valence-corrected chi connectivity index (χ4v) is 1.69. The molecule has 1 aromatic rings. The van der Waals surface area contributed by atoms with Gasteiger partial charge in [-0.1, -0.05) is 0 Å². The molecule has 0 heterocycles. The average molecular weight is 262 g/mol. The second-order valence-corrected chi connectivity index (χ2v) is 4.07. The van der Waals surface area contributed by atoms with E-state index in [0.29, 0.717) is 30.8 Å². The average Bonchev–Trinajstić information content (AvgIpc) is 2.34. The van der Waals surface area contributed by atoms with Gasteiger partial charge < -0.3 is 16.2 Å². The van der Waals surface area contributed by atoms with Gasteiger partial charge in [0.2, 0.25) is 0 Å². The number of alkyl halides is 3. The summed E-state index contributed by atoms with van der Waals surface area (Å²) < 4.78 is 42.9. The van der Waals surface area contributed by atoms with Gasteiger partial charge >= 0.3 is 6.18 Å². The largest absolute Gasteiger partial charge is 0.496 e. The third-order valence-corrected chi connectivity index (χ3v) is 2.78. The highest BCUT2D eigenvalue weighted by Crippen LogP contribution is 2.33. The van der Waals surface area contributed by atoms with Gasteiger partial charge in [-0.25, -0.2) is 0 Å². The van der Waals surface area contributed by atoms with Crippen LogP contribution in [0.15, 0.2) is 18.2 Å². The van der Waals surface area contributed by atoms with Crippen LogP contribution in [-0.2, 0) is 12.6 Å². The minimum atomic E-state index is -4.36. The number of hydrogen-bond donors (Lipinski definition) is 2. The first-order chi connectivity index (χ1) is 8.42. The Labute approximate surface area is 104 Å². The number of halogens is 3. The lowest BCUT2D eigenvalue weighted by molar-refractivity contribution is -0.137. The molecule has 0 aromatic heterocycles. The van der Waals surface area contributed by atoms with Gasteiger partial charge in [0.15, 0.2) is 0 Å². The molecule has 0 fully saturated rings. The Bertz CT molecular complexity index is 389. The van der Waals surface area contributed by atoms with E-state index < -0.39 is 11.7 Å². The quantitative estimate of drug-likeness (QED) is 0.850. The van der Waals surface area contributed by atoms with Gasteiger partial charge in [0, 0.05) is 0 Å². The fraction of sp³-hybridized carbons (Fsp3) is 0.500. The summed E-state index contributed by atoms with van der Waals surface area (Å²) >= 11 is 0. The molecule has 102 valence electrons. The number of rotatable bonds is 5. The van der Waals surface area contributed by atoms with Crippen molar-refractivity contribution in [3.05, 3.63) is 29.3 Å². The highest BCUT2D eigenvalue weighted by molar-refractivity contribution is 5.38. The molecule has 0 atom stereocenters. The molecule has 0 saturated heterocycles. The summed E-state index contributed by atoms with van der Waals surface area (Å²) in [5, 5.41) is 0. The summed E-state index contributed by atoms with van der Waals surface area (Å²) in [6.07, 6.45) is -3.98. The van der Waals surface area contributed by atoms with Crippen LogP contribution in [0.3, 0.4) is 0 Å². The Kier molecular flexibility index (Phi) is 4.98. The van der Waals surface area contributed by atoms with Gasteiger partial charge in [0.25, 0.3) is 0 Å². The van der Waals surface area contributed by atoms with Gasteiger partial charge in [-0.3, -0.25) is 0 Å². The SMILES string of the molecule is COc1ccc(C(F)(F)F)cc1CC(CN)CN. The summed E-state index contributed by atoms with van der Waals surface area (Å²) in [6, 6.07) is 3.42. The van der Waals surface area contributed by atoms with Gasteiger partial charge in [-0.2, -0.15) is 13.2 Å². The highest BCUT2D eigenvalue weighted by Gasteiger charge is 2.31. The van der Waals surface area contributed by atoms with Gasteiger partial charge in [0.1, 0.15) is 5.75 Å². The third-order valence-electron chi connectivity index (χ3n) is 2.78. The van der Waals surface area contributed by atoms with Gasteiger partial charge in [-0.15, -0.1) is 0 Å². The first-order valence-electron chi connectivity index (χ1n) is 5.56. The molecular weight excluding hydrogens is 245 g/mol. The van der Waals surface area contributed by atoms with Crippen LogP contribution >= 0.6 is 0 Å². The number of hydrogen-bond acceptors (Lipinski definition) is 3. The minimum Gasteiger partial charge on any atom is -0.496 e.